The molecule has 0 N–H and O–H groups in total. The fourth-order valence-corrected chi connectivity index (χ4v) is 1.36. The maximum Gasteiger partial charge on any atom is 0.114 e. The summed E-state index contributed by atoms with van der Waals surface area (Å²) in [5, 5.41) is 5.94. The Hall–Kier alpha value is -0.830. The van der Waals surface area contributed by atoms with Crippen molar-refractivity contribution in [1.82, 2.24) is 0 Å². The van der Waals surface area contributed by atoms with E-state index in [2.05, 4.69) is 5.16 Å². The number of rotatable bonds is 3. The lowest BCUT2D eigenvalue weighted by Crippen LogP contribution is -1.92. The van der Waals surface area contributed by atoms with Crippen LogP contribution in [0.3, 0.4) is 0 Å². The van der Waals surface area contributed by atoms with E-state index < -0.39 is 0 Å². The van der Waals surface area contributed by atoms with Crippen LogP contribution in [0.15, 0.2) is 22.7 Å². The predicted molar refractivity (Wildman–Crippen MR) is 48.2 cm³/mol. The van der Waals surface area contributed by atoms with Crippen LogP contribution in [0, 0.1) is 0 Å². The Morgan fingerprint density at radius 2 is 2.55 bits per heavy atom. The lowest BCUT2D eigenvalue weighted by Gasteiger charge is -1.95. The van der Waals surface area contributed by atoms with E-state index in [1.54, 1.807) is 11.3 Å². The van der Waals surface area contributed by atoms with Crippen molar-refractivity contribution in [3.8, 4) is 0 Å². The van der Waals surface area contributed by atoms with E-state index >= 15 is 0 Å². The summed E-state index contributed by atoms with van der Waals surface area (Å²) in [6, 6.07) is 4.04. The Morgan fingerprint density at radius 3 is 3.09 bits per heavy atom. The van der Waals surface area contributed by atoms with Gasteiger partial charge in [-0.2, -0.15) is 0 Å². The highest BCUT2D eigenvalue weighted by atomic mass is 32.1. The molecule has 1 heterocycles. The molecule has 3 heteroatoms. The largest absolute Gasteiger partial charge is 0.396 e. The van der Waals surface area contributed by atoms with Crippen molar-refractivity contribution in [1.29, 1.82) is 0 Å². The van der Waals surface area contributed by atoms with Gasteiger partial charge in [0.25, 0.3) is 0 Å². The fourth-order valence-electron chi connectivity index (χ4n) is 0.691. The summed E-state index contributed by atoms with van der Waals surface area (Å²) in [4.78, 5) is 6.08. The van der Waals surface area contributed by atoms with Gasteiger partial charge >= 0.3 is 0 Å². The Morgan fingerprint density at radius 1 is 1.73 bits per heavy atom. The van der Waals surface area contributed by atoms with Crippen molar-refractivity contribution in [3.05, 3.63) is 22.4 Å². The summed E-state index contributed by atoms with van der Waals surface area (Å²) in [5.74, 6) is 0. The van der Waals surface area contributed by atoms with E-state index in [9.17, 15) is 0 Å². The second kappa shape index (κ2) is 4.13. The standard InChI is InChI=1S/C8H11NOS/c1-3-10-9-7(2)8-5-4-6-11-8/h4-6H,3H2,1-2H3. The zero-order valence-corrected chi connectivity index (χ0v) is 7.52. The maximum atomic E-state index is 4.91. The van der Waals surface area contributed by atoms with Crippen molar-refractivity contribution in [2.24, 2.45) is 5.16 Å². The highest BCUT2D eigenvalue weighted by Gasteiger charge is 1.96. The van der Waals surface area contributed by atoms with Crippen LogP contribution in [0.2, 0.25) is 0 Å². The smallest absolute Gasteiger partial charge is 0.114 e. The summed E-state index contributed by atoms with van der Waals surface area (Å²) in [6.07, 6.45) is 0. The number of nitrogens with zero attached hydrogens (tertiary/aromatic N) is 1. The van der Waals surface area contributed by atoms with Gasteiger partial charge in [0.05, 0.1) is 10.6 Å². The van der Waals surface area contributed by atoms with E-state index in [-0.39, 0.29) is 0 Å². The van der Waals surface area contributed by atoms with Gasteiger partial charge in [-0.1, -0.05) is 11.2 Å². The Balaban J connectivity index is 2.62. The molecule has 0 saturated heterocycles. The molecule has 0 spiro atoms. The molecule has 0 unspecified atom stereocenters. The van der Waals surface area contributed by atoms with Crippen molar-refractivity contribution < 1.29 is 4.84 Å². The molecule has 1 rings (SSSR count). The number of hydrogen-bond donors (Lipinski definition) is 0. The minimum atomic E-state index is 0.628. The first-order valence-corrected chi connectivity index (χ1v) is 4.43. The van der Waals surface area contributed by atoms with Crippen molar-refractivity contribution in [2.75, 3.05) is 6.61 Å². The number of oxime groups is 1. The van der Waals surface area contributed by atoms with Gasteiger partial charge < -0.3 is 4.84 Å². The summed E-state index contributed by atoms with van der Waals surface area (Å²) in [5.41, 5.74) is 0.946. The molecule has 0 bridgehead atoms. The first-order valence-electron chi connectivity index (χ1n) is 3.55. The average molecular weight is 169 g/mol. The van der Waals surface area contributed by atoms with Crippen LogP contribution in [0.25, 0.3) is 0 Å². The molecular weight excluding hydrogens is 158 g/mol. The lowest BCUT2D eigenvalue weighted by atomic mass is 10.3. The SMILES string of the molecule is CCON=C(C)c1cccs1. The quantitative estimate of drug-likeness (QED) is 0.503. The summed E-state index contributed by atoms with van der Waals surface area (Å²) >= 11 is 1.67. The summed E-state index contributed by atoms with van der Waals surface area (Å²) < 4.78 is 0. The number of hydrogen-bond acceptors (Lipinski definition) is 3. The van der Waals surface area contributed by atoms with E-state index in [0.29, 0.717) is 6.61 Å². The molecular formula is C8H11NOS. The molecule has 60 valence electrons. The molecule has 0 aliphatic heterocycles. The number of thiophene rings is 1. The zero-order chi connectivity index (χ0) is 8.10. The van der Waals surface area contributed by atoms with Crippen LogP contribution in [-0.4, -0.2) is 12.3 Å². The van der Waals surface area contributed by atoms with E-state index in [1.165, 1.54) is 4.88 Å². The van der Waals surface area contributed by atoms with Crippen LogP contribution >= 0.6 is 11.3 Å². The van der Waals surface area contributed by atoms with Crippen molar-refractivity contribution >= 4 is 17.0 Å². The highest BCUT2D eigenvalue weighted by Crippen LogP contribution is 2.09. The molecule has 0 fully saturated rings. The lowest BCUT2D eigenvalue weighted by molar-refractivity contribution is 0.159. The molecule has 0 amide bonds. The van der Waals surface area contributed by atoms with Gasteiger partial charge in [-0.05, 0) is 25.3 Å². The Labute approximate surface area is 70.5 Å². The van der Waals surface area contributed by atoms with Gasteiger partial charge in [0.2, 0.25) is 0 Å². The normalized spacial score (nSPS) is 11.6. The maximum absolute atomic E-state index is 4.91. The molecule has 2 nitrogen and oxygen atoms in total. The van der Waals surface area contributed by atoms with Crippen molar-refractivity contribution in [2.45, 2.75) is 13.8 Å². The van der Waals surface area contributed by atoms with Gasteiger partial charge in [0.1, 0.15) is 6.61 Å². The minimum Gasteiger partial charge on any atom is -0.396 e. The molecule has 1 aromatic heterocycles. The monoisotopic (exact) mass is 169 g/mol. The highest BCUT2D eigenvalue weighted by molar-refractivity contribution is 7.12. The van der Waals surface area contributed by atoms with Crippen molar-refractivity contribution in [3.63, 3.8) is 0 Å². The first-order chi connectivity index (χ1) is 5.34. The molecule has 0 saturated carbocycles. The summed E-state index contributed by atoms with van der Waals surface area (Å²) in [6.45, 7) is 4.50. The third-order valence-corrected chi connectivity index (χ3v) is 2.19. The molecule has 11 heavy (non-hydrogen) atoms. The van der Waals surface area contributed by atoms with E-state index in [0.717, 1.165) is 5.71 Å². The van der Waals surface area contributed by atoms with Crippen LogP contribution in [0.1, 0.15) is 18.7 Å². The third kappa shape index (κ3) is 2.35. The zero-order valence-electron chi connectivity index (χ0n) is 6.70. The second-order valence-corrected chi connectivity index (χ2v) is 3.02. The molecule has 0 atom stereocenters. The van der Waals surface area contributed by atoms with Gasteiger partial charge in [-0.3, -0.25) is 0 Å². The van der Waals surface area contributed by atoms with Gasteiger partial charge in [0, 0.05) is 0 Å². The molecule has 0 radical (unpaired) electrons. The molecule has 0 aromatic carbocycles. The predicted octanol–water partition coefficient (Wildman–Crippen LogP) is 2.51. The Kier molecular flexibility index (Phi) is 3.11. The van der Waals surface area contributed by atoms with E-state index in [1.807, 2.05) is 31.4 Å². The summed E-state index contributed by atoms with van der Waals surface area (Å²) in [7, 11) is 0. The van der Waals surface area contributed by atoms with Gasteiger partial charge in [-0.15, -0.1) is 11.3 Å². The van der Waals surface area contributed by atoms with Crippen LogP contribution < -0.4 is 0 Å². The molecule has 0 aliphatic carbocycles. The van der Waals surface area contributed by atoms with Crippen LogP contribution in [0.4, 0.5) is 0 Å². The minimum absolute atomic E-state index is 0.628. The van der Waals surface area contributed by atoms with E-state index in [4.69, 9.17) is 4.84 Å². The molecule has 1 aromatic rings. The third-order valence-electron chi connectivity index (χ3n) is 1.21. The molecule has 0 aliphatic rings. The topological polar surface area (TPSA) is 21.6 Å². The fraction of sp³-hybridized carbons (Fsp3) is 0.375. The van der Waals surface area contributed by atoms with Gasteiger partial charge in [0.15, 0.2) is 0 Å². The van der Waals surface area contributed by atoms with Crippen LogP contribution in [-0.2, 0) is 4.84 Å². The van der Waals surface area contributed by atoms with Gasteiger partial charge in [-0.25, -0.2) is 0 Å². The first kappa shape index (κ1) is 8.27. The van der Waals surface area contributed by atoms with Crippen LogP contribution in [0.5, 0.6) is 0 Å². The second-order valence-electron chi connectivity index (χ2n) is 2.07. The Bertz CT molecular complexity index is 228. The average Bonchev–Trinajstić information content (AvgIpc) is 2.52.